The maximum absolute atomic E-state index is 11.9. The molecule has 0 bridgehead atoms. The van der Waals surface area contributed by atoms with Gasteiger partial charge in [0.2, 0.25) is 5.95 Å². The third kappa shape index (κ3) is 3.12. The molecule has 2 N–H and O–H groups in total. The number of rotatable bonds is 4. The first kappa shape index (κ1) is 15.3. The van der Waals surface area contributed by atoms with Gasteiger partial charge in [0.25, 0.3) is 5.56 Å². The van der Waals surface area contributed by atoms with Crippen molar-refractivity contribution in [1.82, 2.24) is 9.55 Å². The third-order valence-electron chi connectivity index (χ3n) is 3.50. The molecule has 2 heterocycles. The van der Waals surface area contributed by atoms with E-state index in [1.165, 1.54) is 22.0 Å². The molecule has 0 saturated carbocycles. The van der Waals surface area contributed by atoms with E-state index in [-0.39, 0.29) is 11.5 Å². The Balaban J connectivity index is 1.98. The molecule has 23 heavy (non-hydrogen) atoms. The fourth-order valence-electron chi connectivity index (χ4n) is 2.24. The highest BCUT2D eigenvalue weighted by molar-refractivity contribution is 7.14. The first-order valence-corrected chi connectivity index (χ1v) is 8.12. The standard InChI is InChI=1S/C17H17N3O2S/c1-3-22-13-6-4-5-11(7-13)12-8-15(23-10-12)14-9-16(21)20(2)17(18)19-14/h4-10H,3H2,1-2H3,(H2,18,19). The van der Waals surface area contributed by atoms with Crippen LogP contribution < -0.4 is 16.0 Å². The maximum Gasteiger partial charge on any atom is 0.255 e. The van der Waals surface area contributed by atoms with Crippen LogP contribution in [0.5, 0.6) is 5.75 Å². The second-order valence-corrected chi connectivity index (χ2v) is 5.97. The molecule has 5 nitrogen and oxygen atoms in total. The van der Waals surface area contributed by atoms with Crippen LogP contribution in [-0.2, 0) is 7.05 Å². The van der Waals surface area contributed by atoms with E-state index in [9.17, 15) is 4.79 Å². The van der Waals surface area contributed by atoms with Crippen molar-refractivity contribution in [3.8, 4) is 27.4 Å². The van der Waals surface area contributed by atoms with Crippen molar-refractivity contribution in [2.45, 2.75) is 6.92 Å². The number of hydrogen-bond donors (Lipinski definition) is 1. The minimum Gasteiger partial charge on any atom is -0.494 e. The Kier molecular flexibility index (Phi) is 4.16. The summed E-state index contributed by atoms with van der Waals surface area (Å²) in [5.74, 6) is 1.05. The van der Waals surface area contributed by atoms with Crippen LogP contribution in [0.15, 0.2) is 46.6 Å². The number of nitrogens with zero attached hydrogens (tertiary/aromatic N) is 2. The monoisotopic (exact) mass is 327 g/mol. The molecule has 118 valence electrons. The first-order chi connectivity index (χ1) is 11.1. The molecule has 2 aromatic heterocycles. The normalized spacial score (nSPS) is 10.7. The van der Waals surface area contributed by atoms with Gasteiger partial charge < -0.3 is 10.5 Å². The van der Waals surface area contributed by atoms with Gasteiger partial charge in [-0.2, -0.15) is 0 Å². The average molecular weight is 327 g/mol. The van der Waals surface area contributed by atoms with Gasteiger partial charge in [0, 0.05) is 13.1 Å². The predicted octanol–water partition coefficient (Wildman–Crippen LogP) is 3.16. The Morgan fingerprint density at radius 3 is 2.83 bits per heavy atom. The van der Waals surface area contributed by atoms with Crippen LogP contribution in [0, 0.1) is 0 Å². The van der Waals surface area contributed by atoms with E-state index in [0.29, 0.717) is 12.3 Å². The van der Waals surface area contributed by atoms with E-state index < -0.39 is 0 Å². The maximum atomic E-state index is 11.9. The van der Waals surface area contributed by atoms with Gasteiger partial charge in [-0.15, -0.1) is 11.3 Å². The van der Waals surface area contributed by atoms with Crippen molar-refractivity contribution in [1.29, 1.82) is 0 Å². The largest absolute Gasteiger partial charge is 0.494 e. The van der Waals surface area contributed by atoms with Crippen LogP contribution in [0.2, 0.25) is 0 Å². The Morgan fingerprint density at radius 1 is 1.26 bits per heavy atom. The second kappa shape index (κ2) is 6.26. The van der Waals surface area contributed by atoms with E-state index in [0.717, 1.165) is 21.8 Å². The SMILES string of the molecule is CCOc1cccc(-c2csc(-c3cc(=O)n(C)c(N)n3)c2)c1. The predicted molar refractivity (Wildman–Crippen MR) is 93.8 cm³/mol. The smallest absolute Gasteiger partial charge is 0.255 e. The summed E-state index contributed by atoms with van der Waals surface area (Å²) in [7, 11) is 1.60. The molecule has 0 saturated heterocycles. The molecule has 0 radical (unpaired) electrons. The summed E-state index contributed by atoms with van der Waals surface area (Å²) in [6.07, 6.45) is 0. The fraction of sp³-hybridized carbons (Fsp3) is 0.176. The van der Waals surface area contributed by atoms with Crippen LogP contribution in [0.1, 0.15) is 6.92 Å². The molecule has 3 rings (SSSR count). The zero-order chi connectivity index (χ0) is 16.4. The highest BCUT2D eigenvalue weighted by Gasteiger charge is 2.09. The van der Waals surface area contributed by atoms with Crippen LogP contribution in [-0.4, -0.2) is 16.2 Å². The summed E-state index contributed by atoms with van der Waals surface area (Å²) in [4.78, 5) is 17.1. The Bertz CT molecular complexity index is 899. The number of hydrogen-bond acceptors (Lipinski definition) is 5. The van der Waals surface area contributed by atoms with Crippen molar-refractivity contribution >= 4 is 17.3 Å². The quantitative estimate of drug-likeness (QED) is 0.799. The highest BCUT2D eigenvalue weighted by Crippen LogP contribution is 2.32. The summed E-state index contributed by atoms with van der Waals surface area (Å²) >= 11 is 1.53. The van der Waals surface area contributed by atoms with Gasteiger partial charge in [-0.05, 0) is 41.6 Å². The molecule has 0 aliphatic rings. The van der Waals surface area contributed by atoms with Crippen LogP contribution in [0.3, 0.4) is 0 Å². The van der Waals surface area contributed by atoms with Crippen LogP contribution in [0.4, 0.5) is 5.95 Å². The lowest BCUT2D eigenvalue weighted by Crippen LogP contribution is -2.20. The second-order valence-electron chi connectivity index (χ2n) is 5.06. The molecule has 0 amide bonds. The first-order valence-electron chi connectivity index (χ1n) is 7.24. The number of aromatic nitrogens is 2. The summed E-state index contributed by atoms with van der Waals surface area (Å²) in [6.45, 7) is 2.59. The van der Waals surface area contributed by atoms with Crippen LogP contribution >= 0.6 is 11.3 Å². The lowest BCUT2D eigenvalue weighted by Gasteiger charge is -2.05. The molecule has 0 fully saturated rings. The molecule has 3 aromatic rings. The van der Waals surface area contributed by atoms with Gasteiger partial charge in [-0.25, -0.2) is 4.98 Å². The molecule has 0 aliphatic carbocycles. The number of benzene rings is 1. The van der Waals surface area contributed by atoms with E-state index in [1.807, 2.05) is 42.6 Å². The zero-order valence-corrected chi connectivity index (χ0v) is 13.8. The third-order valence-corrected chi connectivity index (χ3v) is 4.45. The van der Waals surface area contributed by atoms with Crippen molar-refractivity contribution in [2.75, 3.05) is 12.3 Å². The van der Waals surface area contributed by atoms with E-state index in [2.05, 4.69) is 4.98 Å². The molecule has 0 spiro atoms. The van der Waals surface area contributed by atoms with Crippen molar-refractivity contribution in [2.24, 2.45) is 7.05 Å². The number of anilines is 1. The van der Waals surface area contributed by atoms with Crippen molar-refractivity contribution < 1.29 is 4.74 Å². The Morgan fingerprint density at radius 2 is 2.09 bits per heavy atom. The summed E-state index contributed by atoms with van der Waals surface area (Å²) in [5.41, 5.74) is 8.33. The number of thiophene rings is 1. The molecule has 6 heteroatoms. The van der Waals surface area contributed by atoms with E-state index >= 15 is 0 Å². The average Bonchev–Trinajstić information content (AvgIpc) is 3.03. The number of ether oxygens (including phenoxy) is 1. The number of nitrogen functional groups attached to an aromatic ring is 1. The van der Waals surface area contributed by atoms with E-state index in [4.69, 9.17) is 10.5 Å². The molecule has 0 aliphatic heterocycles. The highest BCUT2D eigenvalue weighted by atomic mass is 32.1. The van der Waals surface area contributed by atoms with E-state index in [1.54, 1.807) is 7.05 Å². The molecule has 0 unspecified atom stereocenters. The summed E-state index contributed by atoms with van der Waals surface area (Å²) in [5, 5.41) is 2.04. The molecular formula is C17H17N3O2S. The summed E-state index contributed by atoms with van der Waals surface area (Å²) in [6, 6.07) is 11.4. The van der Waals surface area contributed by atoms with Gasteiger partial charge in [-0.3, -0.25) is 9.36 Å². The Labute approximate surface area is 138 Å². The number of nitrogens with two attached hydrogens (primary N) is 1. The lowest BCUT2D eigenvalue weighted by atomic mass is 10.1. The van der Waals surface area contributed by atoms with Gasteiger partial charge in [0.1, 0.15) is 5.75 Å². The Hall–Kier alpha value is -2.60. The lowest BCUT2D eigenvalue weighted by molar-refractivity contribution is 0.340. The van der Waals surface area contributed by atoms with Crippen molar-refractivity contribution in [3.63, 3.8) is 0 Å². The fourth-order valence-corrected chi connectivity index (χ4v) is 3.12. The molecule has 1 aromatic carbocycles. The van der Waals surface area contributed by atoms with Gasteiger partial charge >= 0.3 is 0 Å². The minimum atomic E-state index is -0.166. The van der Waals surface area contributed by atoms with Gasteiger partial charge in [0.15, 0.2) is 0 Å². The van der Waals surface area contributed by atoms with Gasteiger partial charge in [-0.1, -0.05) is 12.1 Å². The molecular weight excluding hydrogens is 310 g/mol. The topological polar surface area (TPSA) is 70.1 Å². The zero-order valence-electron chi connectivity index (χ0n) is 12.9. The van der Waals surface area contributed by atoms with Crippen molar-refractivity contribution in [3.05, 3.63) is 52.1 Å². The summed E-state index contributed by atoms with van der Waals surface area (Å²) < 4.78 is 6.86. The minimum absolute atomic E-state index is 0.166. The molecule has 0 atom stereocenters. The van der Waals surface area contributed by atoms with Crippen LogP contribution in [0.25, 0.3) is 21.7 Å². The van der Waals surface area contributed by atoms with Gasteiger partial charge in [0.05, 0.1) is 17.2 Å².